The van der Waals surface area contributed by atoms with E-state index in [2.05, 4.69) is 6.07 Å². The second-order valence-electron chi connectivity index (χ2n) is 9.29. The lowest BCUT2D eigenvalue weighted by Gasteiger charge is -2.40. The van der Waals surface area contributed by atoms with Gasteiger partial charge in [0.1, 0.15) is 24.7 Å². The SMILES string of the molecule is CC(C)(C)N(CC(=O)N1CCc2sccc2C1COc1ccc(F)cc1)C(=O)C1CC1. The molecular formula is C24H29FN2O3S. The summed E-state index contributed by atoms with van der Waals surface area (Å²) in [5.41, 5.74) is 0.682. The monoisotopic (exact) mass is 444 g/mol. The minimum atomic E-state index is -0.418. The molecule has 2 amide bonds. The summed E-state index contributed by atoms with van der Waals surface area (Å²) in [6.07, 6.45) is 2.63. The predicted octanol–water partition coefficient (Wildman–Crippen LogP) is 4.43. The van der Waals surface area contributed by atoms with Crippen molar-refractivity contribution in [2.75, 3.05) is 19.7 Å². The first-order valence-electron chi connectivity index (χ1n) is 10.8. The van der Waals surface area contributed by atoms with Crippen molar-refractivity contribution in [3.8, 4) is 5.75 Å². The molecule has 2 aromatic rings. The van der Waals surface area contributed by atoms with E-state index in [9.17, 15) is 14.0 Å². The molecule has 1 saturated carbocycles. The van der Waals surface area contributed by atoms with Crippen LogP contribution in [0.1, 0.15) is 50.1 Å². The zero-order valence-electron chi connectivity index (χ0n) is 18.3. The zero-order valence-corrected chi connectivity index (χ0v) is 19.1. The van der Waals surface area contributed by atoms with E-state index < -0.39 is 5.54 Å². The number of carbonyl (C=O) groups excluding carboxylic acids is 2. The maximum Gasteiger partial charge on any atom is 0.242 e. The van der Waals surface area contributed by atoms with Crippen LogP contribution in [-0.2, 0) is 16.0 Å². The van der Waals surface area contributed by atoms with Crippen molar-refractivity contribution < 1.29 is 18.7 Å². The van der Waals surface area contributed by atoms with Gasteiger partial charge in [0.25, 0.3) is 0 Å². The normalized spacial score (nSPS) is 18.5. The summed E-state index contributed by atoms with van der Waals surface area (Å²) in [4.78, 5) is 31.1. The molecule has 0 radical (unpaired) electrons. The summed E-state index contributed by atoms with van der Waals surface area (Å²) < 4.78 is 19.1. The van der Waals surface area contributed by atoms with Crippen LogP contribution in [0, 0.1) is 11.7 Å². The number of ether oxygens (including phenoxy) is 1. The van der Waals surface area contributed by atoms with Crippen LogP contribution < -0.4 is 4.74 Å². The number of hydrogen-bond acceptors (Lipinski definition) is 4. The first-order valence-corrected chi connectivity index (χ1v) is 11.7. The molecule has 0 bridgehead atoms. The summed E-state index contributed by atoms with van der Waals surface area (Å²) in [7, 11) is 0. The van der Waals surface area contributed by atoms with Crippen molar-refractivity contribution in [1.82, 2.24) is 9.80 Å². The molecular weight excluding hydrogens is 415 g/mol. The maximum atomic E-state index is 13.4. The lowest BCUT2D eigenvalue weighted by atomic mass is 9.99. The van der Waals surface area contributed by atoms with Crippen molar-refractivity contribution in [1.29, 1.82) is 0 Å². The fraction of sp³-hybridized carbons (Fsp3) is 0.500. The molecule has 4 rings (SSSR count). The number of fused-ring (bicyclic) bond motifs is 1. The molecule has 1 atom stereocenters. The number of rotatable bonds is 6. The van der Waals surface area contributed by atoms with Gasteiger partial charge in [0.2, 0.25) is 11.8 Å². The molecule has 1 unspecified atom stereocenters. The lowest BCUT2D eigenvalue weighted by molar-refractivity contribution is -0.147. The van der Waals surface area contributed by atoms with Gasteiger partial charge in [-0.15, -0.1) is 11.3 Å². The highest BCUT2D eigenvalue weighted by molar-refractivity contribution is 7.10. The van der Waals surface area contributed by atoms with E-state index in [0.29, 0.717) is 12.3 Å². The molecule has 1 aromatic heterocycles. The Kier molecular flexibility index (Phi) is 6.06. The molecule has 2 heterocycles. The van der Waals surface area contributed by atoms with E-state index in [1.807, 2.05) is 31.1 Å². The number of amides is 2. The van der Waals surface area contributed by atoms with Crippen LogP contribution in [0.25, 0.3) is 0 Å². The number of halogens is 1. The summed E-state index contributed by atoms with van der Waals surface area (Å²) in [6, 6.07) is 7.72. The molecule has 166 valence electrons. The maximum absolute atomic E-state index is 13.4. The van der Waals surface area contributed by atoms with E-state index in [4.69, 9.17) is 4.74 Å². The van der Waals surface area contributed by atoms with Gasteiger partial charge in [0.15, 0.2) is 0 Å². The number of thiophene rings is 1. The summed E-state index contributed by atoms with van der Waals surface area (Å²) in [6.45, 7) is 6.88. The smallest absolute Gasteiger partial charge is 0.242 e. The quantitative estimate of drug-likeness (QED) is 0.662. The number of hydrogen-bond donors (Lipinski definition) is 0. The van der Waals surface area contributed by atoms with Crippen LogP contribution in [0.15, 0.2) is 35.7 Å². The van der Waals surface area contributed by atoms with E-state index >= 15 is 0 Å². The number of nitrogens with zero attached hydrogens (tertiary/aromatic N) is 2. The number of carbonyl (C=O) groups is 2. The largest absolute Gasteiger partial charge is 0.491 e. The van der Waals surface area contributed by atoms with Crippen molar-refractivity contribution >= 4 is 23.2 Å². The van der Waals surface area contributed by atoms with Crippen molar-refractivity contribution in [2.24, 2.45) is 5.92 Å². The van der Waals surface area contributed by atoms with Crippen LogP contribution in [0.2, 0.25) is 0 Å². The second-order valence-corrected chi connectivity index (χ2v) is 10.3. The van der Waals surface area contributed by atoms with E-state index in [0.717, 1.165) is 24.8 Å². The highest BCUT2D eigenvalue weighted by atomic mass is 32.1. The molecule has 7 heteroatoms. The van der Waals surface area contributed by atoms with Gasteiger partial charge in [0.05, 0.1) is 6.04 Å². The van der Waals surface area contributed by atoms with Crippen molar-refractivity contribution in [3.05, 3.63) is 52.0 Å². The molecule has 0 N–H and O–H groups in total. The van der Waals surface area contributed by atoms with Crippen LogP contribution in [0.3, 0.4) is 0 Å². The summed E-state index contributed by atoms with van der Waals surface area (Å²) >= 11 is 1.69. The van der Waals surface area contributed by atoms with Crippen molar-refractivity contribution in [2.45, 2.75) is 51.6 Å². The number of benzene rings is 1. The third-order valence-electron chi connectivity index (χ3n) is 5.93. The molecule has 31 heavy (non-hydrogen) atoms. The Hall–Kier alpha value is -2.41. The average Bonchev–Trinajstić information content (AvgIpc) is 3.47. The second kappa shape index (κ2) is 8.61. The third kappa shape index (κ3) is 4.92. The Morgan fingerprint density at radius 2 is 1.90 bits per heavy atom. The van der Waals surface area contributed by atoms with Crippen LogP contribution >= 0.6 is 11.3 Å². The van der Waals surface area contributed by atoms with Crippen LogP contribution in [0.5, 0.6) is 5.75 Å². The van der Waals surface area contributed by atoms with E-state index in [1.54, 1.807) is 28.4 Å². The average molecular weight is 445 g/mol. The molecule has 0 spiro atoms. The van der Waals surface area contributed by atoms with Crippen LogP contribution in [0.4, 0.5) is 4.39 Å². The molecule has 2 aliphatic rings. The molecule has 1 aliphatic heterocycles. The fourth-order valence-electron chi connectivity index (χ4n) is 4.00. The Morgan fingerprint density at radius 1 is 1.19 bits per heavy atom. The summed E-state index contributed by atoms with van der Waals surface area (Å²) in [5.74, 6) is 0.331. The van der Waals surface area contributed by atoms with E-state index in [-0.39, 0.29) is 42.7 Å². The van der Waals surface area contributed by atoms with Gasteiger partial charge < -0.3 is 14.5 Å². The highest BCUT2D eigenvalue weighted by Crippen LogP contribution is 2.36. The lowest BCUT2D eigenvalue weighted by Crippen LogP contribution is -2.53. The third-order valence-corrected chi connectivity index (χ3v) is 6.93. The van der Waals surface area contributed by atoms with Gasteiger partial charge in [-0.1, -0.05) is 0 Å². The van der Waals surface area contributed by atoms with Gasteiger partial charge in [-0.05, 0) is 81.3 Å². The molecule has 5 nitrogen and oxygen atoms in total. The minimum absolute atomic E-state index is 0.0616. The predicted molar refractivity (Wildman–Crippen MR) is 119 cm³/mol. The van der Waals surface area contributed by atoms with Gasteiger partial charge >= 0.3 is 0 Å². The Balaban J connectivity index is 1.52. The van der Waals surface area contributed by atoms with Gasteiger partial charge in [-0.25, -0.2) is 4.39 Å². The van der Waals surface area contributed by atoms with Gasteiger partial charge in [-0.3, -0.25) is 9.59 Å². The molecule has 0 saturated heterocycles. The molecule has 1 aliphatic carbocycles. The first kappa shape index (κ1) is 21.8. The van der Waals surface area contributed by atoms with Gasteiger partial charge in [0, 0.05) is 22.9 Å². The molecule has 1 fully saturated rings. The Bertz CT molecular complexity index is 946. The zero-order chi connectivity index (χ0) is 22.2. The molecule has 1 aromatic carbocycles. The van der Waals surface area contributed by atoms with Gasteiger partial charge in [-0.2, -0.15) is 0 Å². The fourth-order valence-corrected chi connectivity index (χ4v) is 4.93. The van der Waals surface area contributed by atoms with Crippen molar-refractivity contribution in [3.63, 3.8) is 0 Å². The minimum Gasteiger partial charge on any atom is -0.491 e. The Labute approximate surface area is 186 Å². The highest BCUT2D eigenvalue weighted by Gasteiger charge is 2.40. The first-order chi connectivity index (χ1) is 14.7. The Morgan fingerprint density at radius 3 is 2.55 bits per heavy atom. The van der Waals surface area contributed by atoms with Crippen LogP contribution in [-0.4, -0.2) is 46.8 Å². The standard InChI is InChI=1S/C24H29FN2O3S/c1-24(2,3)27(23(29)16-4-5-16)14-22(28)26-12-10-21-19(11-13-31-21)20(26)15-30-18-8-6-17(25)7-9-18/h6-9,11,13,16,20H,4-5,10,12,14-15H2,1-3H3. The topological polar surface area (TPSA) is 49.9 Å². The summed E-state index contributed by atoms with van der Waals surface area (Å²) in [5, 5.41) is 2.04. The van der Waals surface area contributed by atoms with E-state index in [1.165, 1.54) is 17.0 Å².